The van der Waals surface area contributed by atoms with E-state index in [0.717, 1.165) is 22.4 Å². The maximum absolute atomic E-state index is 11.1. The number of ether oxygens (including phenoxy) is 1. The van der Waals surface area contributed by atoms with E-state index in [0.29, 0.717) is 12.4 Å². The third-order valence-corrected chi connectivity index (χ3v) is 4.14. The van der Waals surface area contributed by atoms with Crippen molar-refractivity contribution >= 4 is 17.3 Å². The van der Waals surface area contributed by atoms with Crippen LogP contribution in [-0.4, -0.2) is 16.2 Å². The first-order valence-electron chi connectivity index (χ1n) is 6.31. The number of hydrogen-bond acceptors (Lipinski definition) is 4. The molecule has 0 bridgehead atoms. The van der Waals surface area contributed by atoms with Crippen LogP contribution >= 0.6 is 11.3 Å². The third-order valence-electron chi connectivity index (χ3n) is 2.89. The fourth-order valence-electron chi connectivity index (χ4n) is 1.76. The van der Waals surface area contributed by atoms with E-state index >= 15 is 0 Å². The molecule has 0 aliphatic rings. The van der Waals surface area contributed by atoms with Gasteiger partial charge in [0, 0.05) is 4.88 Å². The van der Waals surface area contributed by atoms with Crippen LogP contribution in [-0.2, 0) is 19.6 Å². The zero-order valence-corrected chi connectivity index (χ0v) is 11.9. The Balaban J connectivity index is 2.09. The van der Waals surface area contributed by atoms with E-state index in [1.807, 2.05) is 31.2 Å². The maximum Gasteiger partial charge on any atom is 0.349 e. The summed E-state index contributed by atoms with van der Waals surface area (Å²) in [6.07, 6.45) is 0.791. The van der Waals surface area contributed by atoms with Crippen molar-refractivity contribution in [2.75, 3.05) is 0 Å². The van der Waals surface area contributed by atoms with Gasteiger partial charge in [-0.05, 0) is 23.6 Å². The van der Waals surface area contributed by atoms with Gasteiger partial charge in [0.1, 0.15) is 12.4 Å². The lowest BCUT2D eigenvalue weighted by molar-refractivity contribution is 0.0697. The Morgan fingerprint density at radius 1 is 1.25 bits per heavy atom. The van der Waals surface area contributed by atoms with Crippen molar-refractivity contribution in [3.63, 3.8) is 0 Å². The normalized spacial score (nSPS) is 10.5. The van der Waals surface area contributed by atoms with Crippen LogP contribution in [0.4, 0.5) is 0 Å². The minimum atomic E-state index is -0.958. The molecule has 0 fully saturated rings. The molecule has 0 aliphatic heterocycles. The molecular weight excluding hydrogens is 276 g/mol. The Labute approximate surface area is 121 Å². The summed E-state index contributed by atoms with van der Waals surface area (Å²) < 4.78 is 5.61. The van der Waals surface area contributed by atoms with Gasteiger partial charge in [-0.1, -0.05) is 31.2 Å². The van der Waals surface area contributed by atoms with Crippen LogP contribution in [0.3, 0.4) is 0 Å². The number of rotatable bonds is 6. The summed E-state index contributed by atoms with van der Waals surface area (Å²) in [7, 11) is 0. The Kier molecular flexibility index (Phi) is 4.76. The van der Waals surface area contributed by atoms with Gasteiger partial charge in [-0.25, -0.2) is 4.79 Å². The molecule has 1 aromatic carbocycles. The average molecular weight is 292 g/mol. The Hall–Kier alpha value is -1.85. The first kappa shape index (κ1) is 14.6. The van der Waals surface area contributed by atoms with Crippen molar-refractivity contribution in [2.45, 2.75) is 26.6 Å². The minimum absolute atomic E-state index is 0.00862. The molecule has 0 spiro atoms. The molecule has 0 saturated carbocycles. The fourth-order valence-corrected chi connectivity index (χ4v) is 2.63. The summed E-state index contributed by atoms with van der Waals surface area (Å²) in [5, 5.41) is 18.1. The maximum atomic E-state index is 11.1. The van der Waals surface area contributed by atoms with Gasteiger partial charge in [-0.3, -0.25) is 0 Å². The van der Waals surface area contributed by atoms with Crippen LogP contribution in [0.5, 0.6) is 5.75 Å². The number of aryl methyl sites for hydroxylation is 1. The lowest BCUT2D eigenvalue weighted by atomic mass is 10.1. The molecule has 2 rings (SSSR count). The fraction of sp³-hybridized carbons (Fsp3) is 0.267. The van der Waals surface area contributed by atoms with Crippen molar-refractivity contribution in [3.05, 3.63) is 51.2 Å². The highest BCUT2D eigenvalue weighted by Gasteiger charge is 2.16. The summed E-state index contributed by atoms with van der Waals surface area (Å²) in [4.78, 5) is 12.4. The summed E-state index contributed by atoms with van der Waals surface area (Å²) in [6, 6.07) is 9.15. The largest absolute Gasteiger partial charge is 0.487 e. The molecule has 2 N–H and O–H groups in total. The van der Waals surface area contributed by atoms with Crippen LogP contribution in [0.15, 0.2) is 30.3 Å². The molecule has 1 aromatic heterocycles. The molecule has 5 heteroatoms. The second kappa shape index (κ2) is 6.54. The molecule has 0 saturated heterocycles. The van der Waals surface area contributed by atoms with Gasteiger partial charge in [0.2, 0.25) is 0 Å². The third kappa shape index (κ3) is 3.37. The van der Waals surface area contributed by atoms with Crippen LogP contribution in [0.25, 0.3) is 0 Å². The zero-order chi connectivity index (χ0) is 14.5. The van der Waals surface area contributed by atoms with Gasteiger partial charge < -0.3 is 14.9 Å². The molecular formula is C15H16O4S. The molecule has 0 unspecified atom stereocenters. The summed E-state index contributed by atoms with van der Waals surface area (Å²) >= 11 is 1.25. The van der Waals surface area contributed by atoms with E-state index < -0.39 is 5.97 Å². The molecule has 4 nitrogen and oxygen atoms in total. The average Bonchev–Trinajstić information content (AvgIpc) is 2.89. The van der Waals surface area contributed by atoms with Gasteiger partial charge in [0.25, 0.3) is 0 Å². The van der Waals surface area contributed by atoms with Crippen molar-refractivity contribution in [1.29, 1.82) is 0 Å². The number of carboxylic acid groups (broad SMARTS) is 1. The predicted molar refractivity (Wildman–Crippen MR) is 77.4 cm³/mol. The number of hydrogen-bond donors (Lipinski definition) is 2. The van der Waals surface area contributed by atoms with Gasteiger partial charge in [-0.15, -0.1) is 11.3 Å². The van der Waals surface area contributed by atoms with E-state index in [-0.39, 0.29) is 11.5 Å². The quantitative estimate of drug-likeness (QED) is 0.858. The number of carboxylic acids is 1. The molecule has 106 valence electrons. The molecule has 0 aliphatic carbocycles. The second-order valence-electron chi connectivity index (χ2n) is 4.33. The highest BCUT2D eigenvalue weighted by molar-refractivity contribution is 7.14. The van der Waals surface area contributed by atoms with Crippen molar-refractivity contribution in [1.82, 2.24) is 0 Å². The SMILES string of the molecule is CCc1cc(OCc2ccc(CO)cc2)c(C(=O)O)s1. The second-order valence-corrected chi connectivity index (χ2v) is 5.46. The first-order chi connectivity index (χ1) is 9.63. The van der Waals surface area contributed by atoms with E-state index in [2.05, 4.69) is 0 Å². The van der Waals surface area contributed by atoms with Crippen molar-refractivity contribution < 1.29 is 19.7 Å². The monoisotopic (exact) mass is 292 g/mol. The van der Waals surface area contributed by atoms with Gasteiger partial charge >= 0.3 is 5.97 Å². The molecule has 2 aromatic rings. The summed E-state index contributed by atoms with van der Waals surface area (Å²) in [5.74, 6) is -0.536. The molecule has 20 heavy (non-hydrogen) atoms. The van der Waals surface area contributed by atoms with Crippen molar-refractivity contribution in [3.8, 4) is 5.75 Å². The van der Waals surface area contributed by atoms with E-state index in [1.165, 1.54) is 11.3 Å². The molecule has 0 radical (unpaired) electrons. The Morgan fingerprint density at radius 2 is 1.90 bits per heavy atom. The zero-order valence-electron chi connectivity index (χ0n) is 11.1. The standard InChI is InChI=1S/C15H16O4S/c1-2-12-7-13(14(20-12)15(17)18)19-9-11-5-3-10(8-16)4-6-11/h3-7,16H,2,8-9H2,1H3,(H,17,18). The number of aliphatic hydroxyl groups is 1. The molecule has 0 atom stereocenters. The first-order valence-corrected chi connectivity index (χ1v) is 7.13. The van der Waals surface area contributed by atoms with E-state index in [4.69, 9.17) is 14.9 Å². The summed E-state index contributed by atoms with van der Waals surface area (Å²) in [6.45, 7) is 2.30. The predicted octanol–water partition coefficient (Wildman–Crippen LogP) is 3.08. The topological polar surface area (TPSA) is 66.8 Å². The smallest absolute Gasteiger partial charge is 0.349 e. The number of thiophene rings is 1. The van der Waals surface area contributed by atoms with E-state index in [9.17, 15) is 4.79 Å². The van der Waals surface area contributed by atoms with Gasteiger partial charge in [0.15, 0.2) is 4.88 Å². The summed E-state index contributed by atoms with van der Waals surface area (Å²) in [5.41, 5.74) is 1.77. The lowest BCUT2D eigenvalue weighted by Gasteiger charge is -2.06. The van der Waals surface area contributed by atoms with Crippen LogP contribution in [0.1, 0.15) is 32.6 Å². The highest BCUT2D eigenvalue weighted by Crippen LogP contribution is 2.30. The minimum Gasteiger partial charge on any atom is -0.487 e. The molecule has 1 heterocycles. The number of benzene rings is 1. The lowest BCUT2D eigenvalue weighted by Crippen LogP contribution is -2.00. The van der Waals surface area contributed by atoms with Crippen LogP contribution in [0.2, 0.25) is 0 Å². The number of aromatic carboxylic acids is 1. The highest BCUT2D eigenvalue weighted by atomic mass is 32.1. The van der Waals surface area contributed by atoms with E-state index in [1.54, 1.807) is 6.07 Å². The number of aliphatic hydroxyl groups excluding tert-OH is 1. The van der Waals surface area contributed by atoms with Gasteiger partial charge in [-0.2, -0.15) is 0 Å². The number of carbonyl (C=O) groups is 1. The van der Waals surface area contributed by atoms with Crippen molar-refractivity contribution in [2.24, 2.45) is 0 Å². The van der Waals surface area contributed by atoms with Gasteiger partial charge in [0.05, 0.1) is 6.61 Å². The Morgan fingerprint density at radius 3 is 2.45 bits per heavy atom. The van der Waals surface area contributed by atoms with Crippen LogP contribution < -0.4 is 4.74 Å². The Bertz CT molecular complexity index is 586. The van der Waals surface area contributed by atoms with Crippen LogP contribution in [0, 0.1) is 0 Å². The molecule has 0 amide bonds.